The van der Waals surface area contributed by atoms with Crippen LogP contribution in [0.4, 0.5) is 5.69 Å². The van der Waals surface area contributed by atoms with E-state index in [4.69, 9.17) is 9.47 Å². The predicted octanol–water partition coefficient (Wildman–Crippen LogP) is 5.96. The van der Waals surface area contributed by atoms with Crippen LogP contribution in [0.25, 0.3) is 0 Å². The molecule has 41 heavy (non-hydrogen) atoms. The molecule has 7 nitrogen and oxygen atoms in total. The number of ether oxygens (including phenoxy) is 2. The van der Waals surface area contributed by atoms with Gasteiger partial charge in [0.05, 0.1) is 5.69 Å². The number of nitrogens with one attached hydrogen (secondary N) is 1. The SMILES string of the molecule is Cc1ccc(CCNC(=O)c2cccc(N3C(=O)CC4CC3(C)Oc3c(OCc5ccccn5)cccc34)c2)cc1. The van der Waals surface area contributed by atoms with E-state index < -0.39 is 5.72 Å². The highest BCUT2D eigenvalue weighted by Crippen LogP contribution is 2.52. The molecule has 2 aliphatic rings. The smallest absolute Gasteiger partial charge is 0.251 e. The third kappa shape index (κ3) is 5.53. The molecule has 0 saturated carbocycles. The van der Waals surface area contributed by atoms with Crippen LogP contribution in [0.3, 0.4) is 0 Å². The highest BCUT2D eigenvalue weighted by Gasteiger charge is 2.50. The molecule has 2 bridgehead atoms. The molecule has 208 valence electrons. The number of benzene rings is 3. The molecule has 1 N–H and O–H groups in total. The quantitative estimate of drug-likeness (QED) is 0.294. The second-order valence-corrected chi connectivity index (χ2v) is 10.9. The maximum absolute atomic E-state index is 13.6. The molecule has 1 aromatic heterocycles. The highest BCUT2D eigenvalue weighted by atomic mass is 16.5. The maximum Gasteiger partial charge on any atom is 0.251 e. The molecule has 1 fully saturated rings. The summed E-state index contributed by atoms with van der Waals surface area (Å²) in [6, 6.07) is 27.1. The van der Waals surface area contributed by atoms with E-state index in [2.05, 4.69) is 41.5 Å². The van der Waals surface area contributed by atoms with Crippen LogP contribution in [-0.2, 0) is 17.8 Å². The highest BCUT2D eigenvalue weighted by molar-refractivity contribution is 5.99. The number of hydrogen-bond acceptors (Lipinski definition) is 5. The first-order valence-electron chi connectivity index (χ1n) is 14.0. The maximum atomic E-state index is 13.6. The molecule has 6 rings (SSSR count). The van der Waals surface area contributed by atoms with Crippen molar-refractivity contribution in [2.24, 2.45) is 0 Å². The van der Waals surface area contributed by atoms with Crippen molar-refractivity contribution in [2.75, 3.05) is 11.4 Å². The summed E-state index contributed by atoms with van der Waals surface area (Å²) in [5.41, 5.74) is 4.38. The van der Waals surface area contributed by atoms with E-state index in [0.29, 0.717) is 48.7 Å². The molecule has 2 amide bonds. The molecule has 7 heteroatoms. The minimum atomic E-state index is -0.933. The average Bonchev–Trinajstić information content (AvgIpc) is 2.97. The van der Waals surface area contributed by atoms with Crippen molar-refractivity contribution in [3.05, 3.63) is 119 Å². The van der Waals surface area contributed by atoms with E-state index in [1.54, 1.807) is 23.2 Å². The first-order valence-corrected chi connectivity index (χ1v) is 14.0. The van der Waals surface area contributed by atoms with Crippen molar-refractivity contribution < 1.29 is 19.1 Å². The molecule has 1 saturated heterocycles. The van der Waals surface area contributed by atoms with Gasteiger partial charge in [0.2, 0.25) is 5.91 Å². The zero-order valence-corrected chi connectivity index (χ0v) is 23.3. The lowest BCUT2D eigenvalue weighted by atomic mass is 9.80. The molecule has 2 atom stereocenters. The van der Waals surface area contributed by atoms with E-state index in [-0.39, 0.29) is 17.7 Å². The van der Waals surface area contributed by atoms with Gasteiger partial charge in [-0.25, -0.2) is 0 Å². The Bertz CT molecular complexity index is 1570. The average molecular weight is 548 g/mol. The van der Waals surface area contributed by atoms with Crippen LogP contribution in [0, 0.1) is 6.92 Å². The van der Waals surface area contributed by atoms with Gasteiger partial charge in [0.1, 0.15) is 6.61 Å². The van der Waals surface area contributed by atoms with Gasteiger partial charge in [0, 0.05) is 48.3 Å². The number of piperidine rings is 1. The van der Waals surface area contributed by atoms with Crippen LogP contribution < -0.4 is 19.7 Å². The normalized spacial score (nSPS) is 19.2. The zero-order chi connectivity index (χ0) is 28.4. The fraction of sp³-hybridized carbons (Fsp3) is 0.265. The van der Waals surface area contributed by atoms with E-state index in [1.807, 2.05) is 55.5 Å². The zero-order valence-electron chi connectivity index (χ0n) is 23.3. The second kappa shape index (κ2) is 11.1. The number of aromatic nitrogens is 1. The number of para-hydroxylation sites is 1. The Morgan fingerprint density at radius 2 is 1.90 bits per heavy atom. The number of rotatable bonds is 8. The largest absolute Gasteiger partial charge is 0.483 e. The van der Waals surface area contributed by atoms with Gasteiger partial charge < -0.3 is 14.8 Å². The number of pyridine rings is 1. The number of aryl methyl sites for hydroxylation is 1. The van der Waals surface area contributed by atoms with E-state index in [9.17, 15) is 9.59 Å². The molecule has 3 aromatic carbocycles. The van der Waals surface area contributed by atoms with E-state index >= 15 is 0 Å². The molecular weight excluding hydrogens is 514 g/mol. The van der Waals surface area contributed by atoms with Gasteiger partial charge >= 0.3 is 0 Å². The Hall–Kier alpha value is -4.65. The summed E-state index contributed by atoms with van der Waals surface area (Å²) in [6.07, 6.45) is 3.47. The summed E-state index contributed by atoms with van der Waals surface area (Å²) >= 11 is 0. The summed E-state index contributed by atoms with van der Waals surface area (Å²) in [5, 5.41) is 3.01. The topological polar surface area (TPSA) is 80.8 Å². The molecule has 0 spiro atoms. The lowest BCUT2D eigenvalue weighted by Crippen LogP contribution is -2.60. The van der Waals surface area contributed by atoms with Crippen molar-refractivity contribution in [3.63, 3.8) is 0 Å². The van der Waals surface area contributed by atoms with Crippen LogP contribution in [0.15, 0.2) is 91.1 Å². The predicted molar refractivity (Wildman–Crippen MR) is 157 cm³/mol. The van der Waals surface area contributed by atoms with Crippen LogP contribution in [0.1, 0.15) is 58.4 Å². The van der Waals surface area contributed by atoms with Gasteiger partial charge in [-0.2, -0.15) is 0 Å². The number of carbonyl (C=O) groups excluding carboxylic acids is 2. The fourth-order valence-electron chi connectivity index (χ4n) is 5.81. The number of nitrogens with zero attached hydrogens (tertiary/aromatic N) is 2. The van der Waals surface area contributed by atoms with Crippen molar-refractivity contribution in [1.29, 1.82) is 0 Å². The Labute approximate surface area is 240 Å². The Kier molecular flexibility index (Phi) is 7.18. The first-order chi connectivity index (χ1) is 19.9. The molecule has 4 aromatic rings. The van der Waals surface area contributed by atoms with Gasteiger partial charge in [-0.1, -0.05) is 54.1 Å². The summed E-state index contributed by atoms with van der Waals surface area (Å²) in [6.45, 7) is 4.82. The van der Waals surface area contributed by atoms with Crippen molar-refractivity contribution in [1.82, 2.24) is 10.3 Å². The van der Waals surface area contributed by atoms with Gasteiger partial charge in [-0.05, 0) is 62.2 Å². The van der Waals surface area contributed by atoms with Crippen LogP contribution in [0.2, 0.25) is 0 Å². The Morgan fingerprint density at radius 1 is 1.07 bits per heavy atom. The number of amides is 2. The van der Waals surface area contributed by atoms with Gasteiger partial charge in [-0.3, -0.25) is 19.5 Å². The van der Waals surface area contributed by atoms with E-state index in [1.165, 1.54) is 11.1 Å². The number of hydrogen-bond donors (Lipinski definition) is 1. The third-order valence-electron chi connectivity index (χ3n) is 7.83. The summed E-state index contributed by atoms with van der Waals surface area (Å²) < 4.78 is 12.8. The van der Waals surface area contributed by atoms with Gasteiger partial charge in [0.25, 0.3) is 5.91 Å². The summed E-state index contributed by atoms with van der Waals surface area (Å²) in [5.74, 6) is 1.08. The standard InChI is InChI=1S/C34H33N3O4/c1-23-12-14-24(15-13-23)16-18-36-33(39)25-7-5-9-28(19-25)37-31(38)20-26-21-34(37,2)41-32-29(26)10-6-11-30(32)40-22-27-8-3-4-17-35-27/h3-15,17,19,26H,16,18,20-22H2,1-2H3,(H,36,39). The molecule has 2 aliphatic heterocycles. The number of fused-ring (bicyclic) bond motifs is 4. The number of carbonyl (C=O) groups is 2. The molecular formula is C34H33N3O4. The number of anilines is 1. The van der Waals surface area contributed by atoms with Gasteiger partial charge in [0.15, 0.2) is 17.2 Å². The Balaban J connectivity index is 1.20. The monoisotopic (exact) mass is 547 g/mol. The lowest BCUT2D eigenvalue weighted by molar-refractivity contribution is -0.127. The van der Waals surface area contributed by atoms with Crippen LogP contribution >= 0.6 is 0 Å². The van der Waals surface area contributed by atoms with Crippen LogP contribution in [0.5, 0.6) is 11.5 Å². The Morgan fingerprint density at radius 3 is 2.71 bits per heavy atom. The van der Waals surface area contributed by atoms with Crippen molar-refractivity contribution in [2.45, 2.75) is 51.4 Å². The molecule has 3 heterocycles. The van der Waals surface area contributed by atoms with Crippen LogP contribution in [-0.4, -0.2) is 29.1 Å². The minimum Gasteiger partial charge on any atom is -0.483 e. The third-order valence-corrected chi connectivity index (χ3v) is 7.83. The van der Waals surface area contributed by atoms with Crippen molar-refractivity contribution >= 4 is 17.5 Å². The molecule has 0 aliphatic carbocycles. The lowest BCUT2D eigenvalue weighted by Gasteiger charge is -2.50. The summed E-state index contributed by atoms with van der Waals surface area (Å²) in [7, 11) is 0. The fourth-order valence-corrected chi connectivity index (χ4v) is 5.81. The molecule has 2 unspecified atom stereocenters. The molecule has 0 radical (unpaired) electrons. The minimum absolute atomic E-state index is 0.0131. The summed E-state index contributed by atoms with van der Waals surface area (Å²) in [4.78, 5) is 32.6. The van der Waals surface area contributed by atoms with Crippen molar-refractivity contribution in [3.8, 4) is 11.5 Å². The first kappa shape index (κ1) is 26.6. The second-order valence-electron chi connectivity index (χ2n) is 10.9. The van der Waals surface area contributed by atoms with E-state index in [0.717, 1.165) is 17.7 Å². The van der Waals surface area contributed by atoms with Gasteiger partial charge in [-0.15, -0.1) is 0 Å².